The SMILES string of the molecule is c1ccc(P(c2ccccc2)C(CSCC(P(c2ccccc2)c2ccccc2)P(c2ccccc2)c2ccccc2)P(c2ccccc2)c2ccccc2)cc1. The lowest BCUT2D eigenvalue weighted by molar-refractivity contribution is 1.35. The molecule has 0 heterocycles. The summed E-state index contributed by atoms with van der Waals surface area (Å²) in [6.45, 7) is 0. The third kappa shape index (κ3) is 9.93. The second-order valence-corrected chi connectivity index (χ2v) is 25.1. The minimum absolute atomic E-state index is 0.398. The van der Waals surface area contributed by atoms with Crippen LogP contribution < -0.4 is 42.4 Å². The molecule has 8 aromatic rings. The summed E-state index contributed by atoms with van der Waals surface area (Å²) in [5.41, 5.74) is 0. The van der Waals surface area contributed by atoms with Crippen molar-refractivity contribution in [3.8, 4) is 0 Å². The Kier molecular flexibility index (Phi) is 14.3. The summed E-state index contributed by atoms with van der Waals surface area (Å²) in [5.74, 6) is 2.11. The van der Waals surface area contributed by atoms with Crippen molar-refractivity contribution in [2.45, 2.75) is 10.8 Å². The second kappa shape index (κ2) is 20.5. The normalized spacial score (nSPS) is 11.6. The van der Waals surface area contributed by atoms with E-state index >= 15 is 0 Å². The van der Waals surface area contributed by atoms with Gasteiger partial charge in [-0.2, -0.15) is 11.8 Å². The van der Waals surface area contributed by atoms with Crippen molar-refractivity contribution in [1.82, 2.24) is 0 Å². The van der Waals surface area contributed by atoms with Gasteiger partial charge in [-0.25, -0.2) is 0 Å². The third-order valence-corrected chi connectivity index (χ3v) is 24.8. The molecule has 0 aliphatic heterocycles. The smallest absolute Gasteiger partial charge is 0.0245 e. The summed E-state index contributed by atoms with van der Waals surface area (Å²) in [6.07, 6.45) is 0. The summed E-state index contributed by atoms with van der Waals surface area (Å²) < 4.78 is 0. The molecule has 0 radical (unpaired) electrons. The largest absolute Gasteiger partial charge is 0.160 e. The first-order chi connectivity index (χ1) is 28.3. The molecule has 0 nitrogen and oxygen atoms in total. The molecule has 0 atom stereocenters. The van der Waals surface area contributed by atoms with Gasteiger partial charge in [0, 0.05) is 22.3 Å². The molecule has 0 spiro atoms. The molecule has 0 aromatic heterocycles. The van der Waals surface area contributed by atoms with Crippen LogP contribution in [0, 0.1) is 0 Å². The van der Waals surface area contributed by atoms with Crippen molar-refractivity contribution in [2.75, 3.05) is 11.5 Å². The van der Waals surface area contributed by atoms with Crippen LogP contribution in [0.5, 0.6) is 0 Å². The number of hydrogen-bond donors (Lipinski definition) is 0. The number of hydrogen-bond acceptors (Lipinski definition) is 1. The van der Waals surface area contributed by atoms with E-state index in [-0.39, 0.29) is 0 Å². The minimum Gasteiger partial charge on any atom is -0.160 e. The zero-order chi connectivity index (χ0) is 38.5. The Bertz CT molecular complexity index is 1840. The zero-order valence-electron chi connectivity index (χ0n) is 31.9. The van der Waals surface area contributed by atoms with Crippen molar-refractivity contribution in [3.63, 3.8) is 0 Å². The van der Waals surface area contributed by atoms with Gasteiger partial charge >= 0.3 is 0 Å². The maximum Gasteiger partial charge on any atom is 0.0245 e. The molecule has 0 N–H and O–H groups in total. The van der Waals surface area contributed by atoms with Gasteiger partial charge in [0.05, 0.1) is 0 Å². The quantitative estimate of drug-likeness (QED) is 0.0875. The van der Waals surface area contributed by atoms with E-state index in [1.54, 1.807) is 0 Å². The molecular formula is C52H46P4S. The average molecular weight is 827 g/mol. The van der Waals surface area contributed by atoms with E-state index in [4.69, 9.17) is 0 Å². The third-order valence-electron chi connectivity index (χ3n) is 10.0. The van der Waals surface area contributed by atoms with Gasteiger partial charge in [-0.3, -0.25) is 0 Å². The predicted octanol–water partition coefficient (Wildman–Crippen LogP) is 10.9. The van der Waals surface area contributed by atoms with Crippen LogP contribution in [0.1, 0.15) is 0 Å². The molecule has 5 heteroatoms. The molecule has 0 bridgehead atoms. The van der Waals surface area contributed by atoms with Crippen LogP contribution in [0.15, 0.2) is 243 Å². The van der Waals surface area contributed by atoms with E-state index in [9.17, 15) is 0 Å². The number of rotatable bonds is 16. The van der Waals surface area contributed by atoms with E-state index in [1.807, 2.05) is 0 Å². The Hall–Kier alpha value is -4.17. The standard InChI is InChI=1S/C52H46P4S/c1-9-25-43(26-10-1)53(44-27-11-2-12-28-44)51(54(45-29-13-3-14-30-45)46-31-15-4-16-32-46)41-57-42-52(55(47-33-17-5-18-34-47)48-35-19-6-20-36-48)56(49-37-21-7-22-38-49)50-39-23-8-24-40-50/h1-40,51-52H,41-42H2. The van der Waals surface area contributed by atoms with Crippen molar-refractivity contribution < 1.29 is 0 Å². The molecule has 0 saturated heterocycles. The molecule has 0 saturated carbocycles. The second-order valence-electron chi connectivity index (χ2n) is 13.7. The maximum atomic E-state index is 2.39. The Morgan fingerprint density at radius 3 is 0.509 bits per heavy atom. The lowest BCUT2D eigenvalue weighted by atomic mass is 10.4. The van der Waals surface area contributed by atoms with Crippen molar-refractivity contribution in [1.29, 1.82) is 0 Å². The maximum absolute atomic E-state index is 2.39. The zero-order valence-corrected chi connectivity index (χ0v) is 36.3. The summed E-state index contributed by atoms with van der Waals surface area (Å²) in [5, 5.41) is 12.4. The van der Waals surface area contributed by atoms with Crippen molar-refractivity contribution in [3.05, 3.63) is 243 Å². The lowest BCUT2D eigenvalue weighted by Gasteiger charge is -2.38. The molecular weight excluding hydrogens is 781 g/mol. The number of benzene rings is 8. The van der Waals surface area contributed by atoms with Gasteiger partial charge in [-0.15, -0.1) is 0 Å². The minimum atomic E-state index is -0.719. The van der Waals surface area contributed by atoms with Crippen molar-refractivity contribution in [2.24, 2.45) is 0 Å². The van der Waals surface area contributed by atoms with Gasteiger partial charge in [0.15, 0.2) is 0 Å². The first-order valence-electron chi connectivity index (χ1n) is 19.5. The van der Waals surface area contributed by atoms with Crippen LogP contribution in [0.4, 0.5) is 0 Å². The first kappa shape index (κ1) is 39.6. The predicted molar refractivity (Wildman–Crippen MR) is 261 cm³/mol. The molecule has 0 aliphatic carbocycles. The molecule has 0 amide bonds. The van der Waals surface area contributed by atoms with Crippen LogP contribution in [0.25, 0.3) is 0 Å². The summed E-state index contributed by atoms with van der Waals surface area (Å²) in [6, 6.07) is 91.3. The fourth-order valence-corrected chi connectivity index (χ4v) is 24.6. The van der Waals surface area contributed by atoms with Gasteiger partial charge in [0.1, 0.15) is 0 Å². The highest BCUT2D eigenvalue weighted by atomic mass is 32.2. The van der Waals surface area contributed by atoms with Crippen LogP contribution in [0.2, 0.25) is 0 Å². The molecule has 0 unspecified atom stereocenters. The highest BCUT2D eigenvalue weighted by Crippen LogP contribution is 2.60. The Morgan fingerprint density at radius 1 is 0.228 bits per heavy atom. The van der Waals surface area contributed by atoms with Gasteiger partial charge in [0.2, 0.25) is 0 Å². The summed E-state index contributed by atoms with van der Waals surface area (Å²) >= 11 is 2.20. The first-order valence-corrected chi connectivity index (χ1v) is 26.3. The Labute approximate surface area is 348 Å². The van der Waals surface area contributed by atoms with E-state index in [0.717, 1.165) is 11.5 Å². The van der Waals surface area contributed by atoms with Crippen LogP contribution in [-0.2, 0) is 0 Å². The van der Waals surface area contributed by atoms with E-state index in [0.29, 0.717) is 10.8 Å². The van der Waals surface area contributed by atoms with Crippen LogP contribution in [-0.4, -0.2) is 22.3 Å². The molecule has 0 fully saturated rings. The van der Waals surface area contributed by atoms with Crippen LogP contribution >= 0.6 is 43.4 Å². The highest BCUT2D eigenvalue weighted by molar-refractivity contribution is 8.03. The molecule has 57 heavy (non-hydrogen) atoms. The average Bonchev–Trinajstić information content (AvgIpc) is 3.29. The van der Waals surface area contributed by atoms with E-state index in [2.05, 4.69) is 254 Å². The lowest BCUT2D eigenvalue weighted by Crippen LogP contribution is -2.31. The fraction of sp³-hybridized carbons (Fsp3) is 0.0769. The highest BCUT2D eigenvalue weighted by Gasteiger charge is 2.37. The number of thioether (sulfide) groups is 1. The monoisotopic (exact) mass is 826 g/mol. The van der Waals surface area contributed by atoms with Gasteiger partial charge in [0.25, 0.3) is 0 Å². The van der Waals surface area contributed by atoms with Crippen LogP contribution in [0.3, 0.4) is 0 Å². The molecule has 280 valence electrons. The topological polar surface area (TPSA) is 0 Å². The van der Waals surface area contributed by atoms with Gasteiger partial charge in [-0.1, -0.05) is 243 Å². The van der Waals surface area contributed by atoms with E-state index < -0.39 is 31.7 Å². The Balaban J connectivity index is 1.28. The van der Waals surface area contributed by atoms with Gasteiger partial charge < -0.3 is 0 Å². The Morgan fingerprint density at radius 2 is 0.368 bits per heavy atom. The van der Waals surface area contributed by atoms with E-state index in [1.165, 1.54) is 42.4 Å². The van der Waals surface area contributed by atoms with Gasteiger partial charge in [-0.05, 0) is 74.1 Å². The fourth-order valence-electron chi connectivity index (χ4n) is 7.49. The summed E-state index contributed by atoms with van der Waals surface area (Å²) in [4.78, 5) is 0. The molecule has 8 rings (SSSR count). The molecule has 0 aliphatic rings. The van der Waals surface area contributed by atoms with Crippen molar-refractivity contribution >= 4 is 85.9 Å². The molecule has 8 aromatic carbocycles. The summed E-state index contributed by atoms with van der Waals surface area (Å²) in [7, 11) is -2.88.